The quantitative estimate of drug-likeness (QED) is 0.153. The Hall–Kier alpha value is -0.706. The number of rotatable bonds is 18. The molecule has 0 bridgehead atoms. The third-order valence-corrected chi connectivity index (χ3v) is 20.3. The predicted octanol–water partition coefficient (Wildman–Crippen LogP) is 7.16. The first-order valence-electron chi connectivity index (χ1n) is 17.6. The Kier molecular flexibility index (Phi) is 16.0. The van der Waals surface area contributed by atoms with E-state index in [2.05, 4.69) is 74.7 Å². The van der Waals surface area contributed by atoms with Crippen LogP contribution in [0, 0.1) is 11.8 Å². The van der Waals surface area contributed by atoms with Crippen molar-refractivity contribution in [1.29, 1.82) is 0 Å². The molecule has 9 atom stereocenters. The molecule has 0 spiro atoms. The molecule has 0 saturated carbocycles. The number of hydrogen-bond donors (Lipinski definition) is 2. The Balaban J connectivity index is 2.43. The zero-order valence-corrected chi connectivity index (χ0v) is 34.8. The molecule has 1 aromatic carbocycles. The molecule has 0 amide bonds. The summed E-state index contributed by atoms with van der Waals surface area (Å²) in [4.78, 5) is 0. The van der Waals surface area contributed by atoms with Gasteiger partial charge in [-0.25, -0.2) is 0 Å². The van der Waals surface area contributed by atoms with Crippen LogP contribution in [0.1, 0.15) is 73.8 Å². The molecule has 0 unspecified atom stereocenters. The van der Waals surface area contributed by atoms with Crippen LogP contribution < -0.4 is 0 Å². The van der Waals surface area contributed by atoms with Gasteiger partial charge in [-0.15, -0.1) is 0 Å². The smallest absolute Gasteiger partial charge is 0.202 e. The minimum absolute atomic E-state index is 0.0137. The number of aliphatic hydroxyl groups is 2. The first-order valence-corrected chi connectivity index (χ1v) is 23.5. The number of ether oxygens (including phenoxy) is 5. The van der Waals surface area contributed by atoms with Crippen molar-refractivity contribution in [3.63, 3.8) is 0 Å². The SMILES string of the molecule is COC[C@@H](C[C@H]1O[C@@](OC)([C@H](O)[C@@H](O)C[C@@H](COCc2ccccc2)OC)[C@H](C)[C@@H](O[Si](C)(C)C(C)(C)C)[C@H]1C)O[Si](C)(C)C(C)(C)C. The summed E-state index contributed by atoms with van der Waals surface area (Å²) in [7, 11) is 0.385. The van der Waals surface area contributed by atoms with E-state index in [1.807, 2.05) is 37.3 Å². The Bertz CT molecular complexity index is 1070. The van der Waals surface area contributed by atoms with Gasteiger partial charge in [-0.1, -0.05) is 85.7 Å². The predicted molar refractivity (Wildman–Crippen MR) is 197 cm³/mol. The topological polar surface area (TPSA) is 105 Å². The van der Waals surface area contributed by atoms with Gasteiger partial charge in [0.1, 0.15) is 6.10 Å². The van der Waals surface area contributed by atoms with Crippen molar-refractivity contribution in [2.75, 3.05) is 34.5 Å². The molecule has 0 aromatic heterocycles. The van der Waals surface area contributed by atoms with Gasteiger partial charge in [0.15, 0.2) is 16.6 Å². The Morgan fingerprint density at radius 3 is 1.94 bits per heavy atom. The molecule has 1 aromatic rings. The molecule has 2 N–H and O–H groups in total. The van der Waals surface area contributed by atoms with Gasteiger partial charge in [0, 0.05) is 46.0 Å². The van der Waals surface area contributed by atoms with E-state index in [-0.39, 0.29) is 41.2 Å². The summed E-state index contributed by atoms with van der Waals surface area (Å²) in [6.07, 6.45) is -3.38. The monoisotopic (exact) mass is 714 g/mol. The summed E-state index contributed by atoms with van der Waals surface area (Å²) in [5.74, 6) is -2.02. The van der Waals surface area contributed by atoms with Crippen LogP contribution in [0.25, 0.3) is 0 Å². The highest BCUT2D eigenvalue weighted by Gasteiger charge is 2.59. The molecule has 1 fully saturated rings. The summed E-state index contributed by atoms with van der Waals surface area (Å²) in [6.45, 7) is 27.5. The van der Waals surface area contributed by atoms with Crippen LogP contribution in [0.2, 0.25) is 36.3 Å². The van der Waals surface area contributed by atoms with E-state index in [9.17, 15) is 10.2 Å². The van der Waals surface area contributed by atoms with E-state index in [1.54, 1.807) is 21.3 Å². The normalized spacial score (nSPS) is 27.0. The fourth-order valence-electron chi connectivity index (χ4n) is 6.00. The third-order valence-electron chi connectivity index (χ3n) is 11.3. The molecule has 0 radical (unpaired) electrons. The van der Waals surface area contributed by atoms with Crippen molar-refractivity contribution in [2.45, 2.75) is 154 Å². The molecule has 11 heteroatoms. The highest BCUT2D eigenvalue weighted by Crippen LogP contribution is 2.48. The van der Waals surface area contributed by atoms with Gasteiger partial charge in [0.05, 0.1) is 50.3 Å². The second kappa shape index (κ2) is 17.7. The molecule has 1 aliphatic rings. The number of benzene rings is 1. The summed E-state index contributed by atoms with van der Waals surface area (Å²) in [5, 5.41) is 23.6. The Labute approximate surface area is 294 Å². The molecular formula is C37H70O9Si2. The van der Waals surface area contributed by atoms with Gasteiger partial charge in [0.25, 0.3) is 0 Å². The van der Waals surface area contributed by atoms with Crippen LogP contribution in [0.5, 0.6) is 0 Å². The van der Waals surface area contributed by atoms with Gasteiger partial charge in [-0.05, 0) is 41.8 Å². The fraction of sp³-hybridized carbons (Fsp3) is 0.838. The minimum atomic E-state index is -2.28. The lowest BCUT2D eigenvalue weighted by Crippen LogP contribution is -2.68. The van der Waals surface area contributed by atoms with Gasteiger partial charge >= 0.3 is 0 Å². The van der Waals surface area contributed by atoms with Crippen LogP contribution >= 0.6 is 0 Å². The average Bonchev–Trinajstić information content (AvgIpc) is 2.99. The maximum absolute atomic E-state index is 12.0. The molecular weight excluding hydrogens is 645 g/mol. The fourth-order valence-corrected chi connectivity index (χ4v) is 8.80. The summed E-state index contributed by atoms with van der Waals surface area (Å²) in [5.41, 5.74) is 1.05. The van der Waals surface area contributed by atoms with E-state index in [0.717, 1.165) is 5.56 Å². The molecule has 9 nitrogen and oxygen atoms in total. The van der Waals surface area contributed by atoms with E-state index < -0.39 is 52.8 Å². The number of aliphatic hydroxyl groups excluding tert-OH is 2. The zero-order chi connectivity index (χ0) is 36.7. The Morgan fingerprint density at radius 2 is 1.44 bits per heavy atom. The Morgan fingerprint density at radius 1 is 0.854 bits per heavy atom. The highest BCUT2D eigenvalue weighted by atomic mass is 28.4. The molecule has 48 heavy (non-hydrogen) atoms. The molecule has 1 heterocycles. The lowest BCUT2D eigenvalue weighted by molar-refractivity contribution is -0.369. The van der Waals surface area contributed by atoms with E-state index in [1.165, 1.54) is 0 Å². The van der Waals surface area contributed by atoms with Crippen molar-refractivity contribution in [3.8, 4) is 0 Å². The van der Waals surface area contributed by atoms with Crippen LogP contribution in [-0.4, -0.2) is 104 Å². The van der Waals surface area contributed by atoms with Crippen molar-refractivity contribution >= 4 is 16.6 Å². The first-order chi connectivity index (χ1) is 22.1. The average molecular weight is 715 g/mol. The second-order valence-corrected chi connectivity index (χ2v) is 26.4. The van der Waals surface area contributed by atoms with Gasteiger partial charge in [-0.3, -0.25) is 0 Å². The molecule has 1 aliphatic heterocycles. The van der Waals surface area contributed by atoms with Crippen LogP contribution in [0.3, 0.4) is 0 Å². The molecule has 280 valence electrons. The second-order valence-electron chi connectivity index (χ2n) is 16.9. The highest BCUT2D eigenvalue weighted by molar-refractivity contribution is 6.74. The van der Waals surface area contributed by atoms with Crippen molar-refractivity contribution in [2.24, 2.45) is 11.8 Å². The van der Waals surface area contributed by atoms with E-state index in [0.29, 0.717) is 19.6 Å². The standard InChI is InChI=1S/C37H70O9Si2/c1-26-32(22-30(24-40-9)45-47(12,13)35(3,4)5)44-37(42-11,27(2)33(26)46-48(14,15)36(6,7)8)34(39)31(38)21-29(41-10)25-43-23-28-19-17-16-18-20-28/h16-20,26-27,29-34,38-39H,21-25H2,1-15H3/t26-,27+,29-,30+,31-,32+,33-,34+,37+/m0/s1. The van der Waals surface area contributed by atoms with Crippen LogP contribution in [-0.2, 0) is 39.1 Å². The van der Waals surface area contributed by atoms with Crippen molar-refractivity contribution in [3.05, 3.63) is 35.9 Å². The lowest BCUT2D eigenvalue weighted by atomic mass is 9.76. The number of hydrogen-bond acceptors (Lipinski definition) is 9. The van der Waals surface area contributed by atoms with E-state index in [4.69, 9.17) is 32.5 Å². The third kappa shape index (κ3) is 10.9. The molecule has 0 aliphatic carbocycles. The largest absolute Gasteiger partial charge is 0.413 e. The maximum atomic E-state index is 12.0. The van der Waals surface area contributed by atoms with Gasteiger partial charge in [0.2, 0.25) is 5.79 Å². The van der Waals surface area contributed by atoms with Crippen molar-refractivity contribution in [1.82, 2.24) is 0 Å². The van der Waals surface area contributed by atoms with E-state index >= 15 is 0 Å². The lowest BCUT2D eigenvalue weighted by Gasteiger charge is -2.56. The summed E-state index contributed by atoms with van der Waals surface area (Å²) in [6, 6.07) is 9.90. The maximum Gasteiger partial charge on any atom is 0.202 e. The first kappa shape index (κ1) is 43.5. The molecule has 1 saturated heterocycles. The van der Waals surface area contributed by atoms with Crippen LogP contribution in [0.4, 0.5) is 0 Å². The summed E-state index contributed by atoms with van der Waals surface area (Å²) < 4.78 is 44.4. The van der Waals surface area contributed by atoms with Crippen molar-refractivity contribution < 1.29 is 42.7 Å². The van der Waals surface area contributed by atoms with Gasteiger partial charge < -0.3 is 42.7 Å². The van der Waals surface area contributed by atoms with Crippen LogP contribution in [0.15, 0.2) is 30.3 Å². The zero-order valence-electron chi connectivity index (χ0n) is 32.8. The van der Waals surface area contributed by atoms with Gasteiger partial charge in [-0.2, -0.15) is 0 Å². The summed E-state index contributed by atoms with van der Waals surface area (Å²) >= 11 is 0. The number of methoxy groups -OCH3 is 3. The molecule has 2 rings (SSSR count). The minimum Gasteiger partial charge on any atom is -0.413 e.